The Morgan fingerprint density at radius 2 is 1.89 bits per heavy atom. The molecule has 0 saturated carbocycles. The minimum Gasteiger partial charge on any atom is -0.455 e. The molecular formula is C26H25ClFN3O5S. The number of nitrogens with zero attached hydrogens (tertiary/aromatic N) is 2. The number of carbonyl (C=O) groups excluding carboxylic acids is 1. The van der Waals surface area contributed by atoms with Crippen LogP contribution < -0.4 is 9.62 Å². The molecule has 0 spiro atoms. The largest absolute Gasteiger partial charge is 0.455 e. The molecule has 2 heterocycles. The molecule has 11 heteroatoms. The summed E-state index contributed by atoms with van der Waals surface area (Å²) >= 11 is 6.42. The van der Waals surface area contributed by atoms with Crippen LogP contribution in [0.25, 0.3) is 33.6 Å². The van der Waals surface area contributed by atoms with Crippen molar-refractivity contribution in [1.82, 2.24) is 10.3 Å². The van der Waals surface area contributed by atoms with Gasteiger partial charge in [0.2, 0.25) is 10.0 Å². The van der Waals surface area contributed by atoms with Crippen molar-refractivity contribution in [3.63, 3.8) is 0 Å². The molecule has 2 N–H and O–H groups in total. The van der Waals surface area contributed by atoms with Crippen molar-refractivity contribution in [3.05, 3.63) is 70.6 Å². The number of amides is 1. The lowest BCUT2D eigenvalue weighted by Crippen LogP contribution is -2.25. The molecule has 0 aliphatic rings. The van der Waals surface area contributed by atoms with Crippen LogP contribution in [0.3, 0.4) is 0 Å². The van der Waals surface area contributed by atoms with Crippen LogP contribution in [0.5, 0.6) is 0 Å². The molecule has 0 fully saturated rings. The van der Waals surface area contributed by atoms with E-state index in [0.717, 1.165) is 16.1 Å². The molecule has 0 bridgehead atoms. The number of hydrogen-bond acceptors (Lipinski definition) is 6. The average molecular weight is 546 g/mol. The fourth-order valence-corrected chi connectivity index (χ4v) is 4.76. The molecule has 194 valence electrons. The van der Waals surface area contributed by atoms with Crippen molar-refractivity contribution in [2.45, 2.75) is 12.8 Å². The molecule has 4 rings (SSSR count). The number of nitrogens with one attached hydrogen (secondary N) is 1. The minimum absolute atomic E-state index is 0.0111. The molecule has 4 aromatic rings. The Morgan fingerprint density at radius 3 is 2.49 bits per heavy atom. The number of benzene rings is 2. The zero-order chi connectivity index (χ0) is 26.9. The van der Waals surface area contributed by atoms with E-state index in [1.54, 1.807) is 18.2 Å². The van der Waals surface area contributed by atoms with Gasteiger partial charge in [-0.25, -0.2) is 17.8 Å². The van der Waals surface area contributed by atoms with Crippen molar-refractivity contribution in [1.29, 1.82) is 0 Å². The molecule has 0 aliphatic heterocycles. The molecule has 0 unspecified atom stereocenters. The maximum absolute atomic E-state index is 13.6. The molecular weight excluding hydrogens is 521 g/mol. The second-order valence-corrected chi connectivity index (χ2v) is 10.8. The third-order valence-electron chi connectivity index (χ3n) is 6.01. The molecule has 0 aliphatic carbocycles. The molecule has 2 aromatic carbocycles. The normalized spacial score (nSPS) is 11.6. The number of halogens is 2. The van der Waals surface area contributed by atoms with E-state index in [0.29, 0.717) is 35.0 Å². The number of rotatable bonds is 8. The fraction of sp³-hybridized carbons (Fsp3) is 0.231. The van der Waals surface area contributed by atoms with Crippen LogP contribution in [-0.4, -0.2) is 51.4 Å². The Hall–Kier alpha value is -3.47. The Morgan fingerprint density at radius 1 is 1.19 bits per heavy atom. The molecule has 0 saturated heterocycles. The first kappa shape index (κ1) is 26.6. The third kappa shape index (κ3) is 5.31. The lowest BCUT2D eigenvalue weighted by molar-refractivity contribution is 0.0964. The van der Waals surface area contributed by atoms with Gasteiger partial charge in [0.25, 0.3) is 5.91 Å². The van der Waals surface area contributed by atoms with Gasteiger partial charge in [-0.05, 0) is 54.8 Å². The first-order valence-electron chi connectivity index (χ1n) is 11.3. The van der Waals surface area contributed by atoms with Gasteiger partial charge in [-0.3, -0.25) is 9.10 Å². The number of furan rings is 1. The average Bonchev–Trinajstić information content (AvgIpc) is 3.24. The highest BCUT2D eigenvalue weighted by Gasteiger charge is 2.26. The van der Waals surface area contributed by atoms with Gasteiger partial charge in [0.05, 0.1) is 23.2 Å². The van der Waals surface area contributed by atoms with E-state index in [4.69, 9.17) is 21.1 Å². The number of aryl methyl sites for hydroxylation is 1. The van der Waals surface area contributed by atoms with Gasteiger partial charge in [0.1, 0.15) is 22.3 Å². The minimum atomic E-state index is -3.68. The number of pyridine rings is 1. The second-order valence-electron chi connectivity index (χ2n) is 8.46. The van der Waals surface area contributed by atoms with E-state index in [1.165, 1.54) is 44.4 Å². The molecule has 37 heavy (non-hydrogen) atoms. The molecule has 8 nitrogen and oxygen atoms in total. The van der Waals surface area contributed by atoms with Crippen LogP contribution in [0.15, 0.2) is 52.9 Å². The maximum atomic E-state index is 13.6. The zero-order valence-electron chi connectivity index (χ0n) is 20.4. The van der Waals surface area contributed by atoms with Crippen LogP contribution >= 0.6 is 11.6 Å². The monoisotopic (exact) mass is 545 g/mol. The van der Waals surface area contributed by atoms with E-state index in [9.17, 15) is 17.6 Å². The van der Waals surface area contributed by atoms with Gasteiger partial charge in [-0.15, -0.1) is 0 Å². The highest BCUT2D eigenvalue weighted by Crippen LogP contribution is 2.41. The van der Waals surface area contributed by atoms with Gasteiger partial charge in [0, 0.05) is 43.3 Å². The van der Waals surface area contributed by atoms with Crippen molar-refractivity contribution < 1.29 is 27.1 Å². The summed E-state index contributed by atoms with van der Waals surface area (Å²) in [6, 6.07) is 12.2. The Labute approximate surface area is 218 Å². The first-order valence-corrected chi connectivity index (χ1v) is 13.6. The van der Waals surface area contributed by atoms with Gasteiger partial charge < -0.3 is 14.8 Å². The summed E-state index contributed by atoms with van der Waals surface area (Å²) in [5.74, 6) is -0.658. The van der Waals surface area contributed by atoms with E-state index < -0.39 is 21.7 Å². The van der Waals surface area contributed by atoms with Gasteiger partial charge in [-0.2, -0.15) is 0 Å². The van der Waals surface area contributed by atoms with Crippen molar-refractivity contribution in [2.24, 2.45) is 0 Å². The quantitative estimate of drug-likeness (QED) is 0.312. The number of sulfonamides is 1. The summed E-state index contributed by atoms with van der Waals surface area (Å²) in [6.45, 7) is 0.0111. The standard InChI is InChI=1S/C26H25ClFN3O5S/c1-29-26(33)23-19-13-18(20-11-8-16(5-4-12-32)25(27)30-20)21(31(2)37(3,34)35)14-22(19)36-24(23)15-6-9-17(28)10-7-15/h6-11,13-14,32H,4-5,12H2,1-3H3,(H,29,33). The van der Waals surface area contributed by atoms with E-state index in [2.05, 4.69) is 10.3 Å². The summed E-state index contributed by atoms with van der Waals surface area (Å²) in [6.07, 6.45) is 2.12. The second kappa shape index (κ2) is 10.5. The fourth-order valence-electron chi connectivity index (χ4n) is 4.00. The van der Waals surface area contributed by atoms with Crippen LogP contribution in [0.4, 0.5) is 10.1 Å². The van der Waals surface area contributed by atoms with Crippen LogP contribution in [0.1, 0.15) is 22.3 Å². The van der Waals surface area contributed by atoms with Crippen LogP contribution in [-0.2, 0) is 16.4 Å². The smallest absolute Gasteiger partial charge is 0.255 e. The van der Waals surface area contributed by atoms with E-state index in [-0.39, 0.29) is 34.4 Å². The van der Waals surface area contributed by atoms with Crippen molar-refractivity contribution >= 4 is 44.2 Å². The lowest BCUT2D eigenvalue weighted by Gasteiger charge is -2.20. The Bertz CT molecular complexity index is 1590. The summed E-state index contributed by atoms with van der Waals surface area (Å²) in [4.78, 5) is 17.5. The van der Waals surface area contributed by atoms with Crippen molar-refractivity contribution in [3.8, 4) is 22.6 Å². The van der Waals surface area contributed by atoms with Crippen molar-refractivity contribution in [2.75, 3.05) is 31.3 Å². The molecule has 0 atom stereocenters. The zero-order valence-corrected chi connectivity index (χ0v) is 22.0. The number of fused-ring (bicyclic) bond motifs is 1. The van der Waals surface area contributed by atoms with Crippen LogP contribution in [0, 0.1) is 5.82 Å². The highest BCUT2D eigenvalue weighted by atomic mass is 35.5. The summed E-state index contributed by atoms with van der Waals surface area (Å²) in [7, 11) is -0.800. The number of aliphatic hydroxyl groups is 1. The van der Waals surface area contributed by atoms with Gasteiger partial charge in [0.15, 0.2) is 0 Å². The first-order chi connectivity index (χ1) is 17.5. The van der Waals surface area contributed by atoms with Gasteiger partial charge >= 0.3 is 0 Å². The molecule has 2 aromatic heterocycles. The topological polar surface area (TPSA) is 113 Å². The molecule has 0 radical (unpaired) electrons. The highest BCUT2D eigenvalue weighted by molar-refractivity contribution is 7.92. The van der Waals surface area contributed by atoms with E-state index >= 15 is 0 Å². The summed E-state index contributed by atoms with van der Waals surface area (Å²) in [5, 5.41) is 12.4. The Balaban J connectivity index is 2.02. The molecule has 1 amide bonds. The van der Waals surface area contributed by atoms with E-state index in [1.807, 2.05) is 0 Å². The number of hydrogen-bond donors (Lipinski definition) is 2. The lowest BCUT2D eigenvalue weighted by atomic mass is 10.0. The predicted octanol–water partition coefficient (Wildman–Crippen LogP) is 4.63. The predicted molar refractivity (Wildman–Crippen MR) is 142 cm³/mol. The van der Waals surface area contributed by atoms with Gasteiger partial charge in [-0.1, -0.05) is 17.7 Å². The number of anilines is 1. The third-order valence-corrected chi connectivity index (χ3v) is 7.53. The number of aliphatic hydroxyl groups excluding tert-OH is 1. The SMILES string of the molecule is CNC(=O)c1c(-c2ccc(F)cc2)oc2cc(N(C)S(C)(=O)=O)c(-c3ccc(CCCO)c(Cl)n3)cc12. The maximum Gasteiger partial charge on any atom is 0.255 e. The summed E-state index contributed by atoms with van der Waals surface area (Å²) < 4.78 is 45.7. The number of aromatic nitrogens is 1. The van der Waals surface area contributed by atoms with Crippen LogP contribution in [0.2, 0.25) is 5.15 Å². The Kier molecular flexibility index (Phi) is 7.54. The number of carbonyl (C=O) groups is 1. The summed E-state index contributed by atoms with van der Waals surface area (Å²) in [5.41, 5.74) is 2.76.